The highest BCUT2D eigenvalue weighted by molar-refractivity contribution is 5.87. The topological polar surface area (TPSA) is 56.2 Å². The van der Waals surface area contributed by atoms with Gasteiger partial charge in [0.25, 0.3) is 0 Å². The Labute approximate surface area is 124 Å². The second kappa shape index (κ2) is 7.59. The van der Waals surface area contributed by atoms with Crippen LogP contribution in [0.2, 0.25) is 0 Å². The summed E-state index contributed by atoms with van der Waals surface area (Å²) in [7, 11) is 1.69. The van der Waals surface area contributed by atoms with Gasteiger partial charge in [0.1, 0.15) is 5.82 Å². The smallest absolute Gasteiger partial charge is 0.243 e. The van der Waals surface area contributed by atoms with Crippen LogP contribution in [0.4, 0.5) is 0 Å². The summed E-state index contributed by atoms with van der Waals surface area (Å²) >= 11 is 0. The summed E-state index contributed by atoms with van der Waals surface area (Å²) in [6, 6.07) is 8.04. The monoisotopic (exact) mass is 287 g/mol. The van der Waals surface area contributed by atoms with Gasteiger partial charge in [0, 0.05) is 26.6 Å². The molecule has 0 radical (unpaired) electrons. The molecule has 0 bridgehead atoms. The molecule has 0 aliphatic rings. The van der Waals surface area contributed by atoms with E-state index in [1.807, 2.05) is 25.1 Å². The molecule has 5 nitrogen and oxygen atoms in total. The number of carbonyl (C=O) groups is 1. The SMILES string of the molecule is C/C=C/C(=O)NCCc1nc2ccccc2n1CCOC. The summed E-state index contributed by atoms with van der Waals surface area (Å²) in [5.74, 6) is 0.895. The van der Waals surface area contributed by atoms with Crippen molar-refractivity contribution in [1.29, 1.82) is 0 Å². The van der Waals surface area contributed by atoms with E-state index >= 15 is 0 Å². The van der Waals surface area contributed by atoms with E-state index in [0.717, 1.165) is 23.4 Å². The van der Waals surface area contributed by atoms with Crippen molar-refractivity contribution in [3.63, 3.8) is 0 Å². The summed E-state index contributed by atoms with van der Waals surface area (Å²) in [4.78, 5) is 16.1. The van der Waals surface area contributed by atoms with Gasteiger partial charge in [-0.3, -0.25) is 4.79 Å². The van der Waals surface area contributed by atoms with E-state index in [4.69, 9.17) is 4.74 Å². The van der Waals surface area contributed by atoms with E-state index in [0.29, 0.717) is 19.6 Å². The fraction of sp³-hybridized carbons (Fsp3) is 0.375. The predicted molar refractivity (Wildman–Crippen MR) is 83.1 cm³/mol. The van der Waals surface area contributed by atoms with Crippen LogP contribution in [0, 0.1) is 0 Å². The number of allylic oxidation sites excluding steroid dienone is 1. The normalized spacial score (nSPS) is 11.3. The Morgan fingerprint density at radius 3 is 3.00 bits per heavy atom. The minimum Gasteiger partial charge on any atom is -0.383 e. The van der Waals surface area contributed by atoms with Gasteiger partial charge in [-0.25, -0.2) is 4.98 Å². The minimum absolute atomic E-state index is 0.0722. The molecule has 1 amide bonds. The van der Waals surface area contributed by atoms with Crippen molar-refractivity contribution >= 4 is 16.9 Å². The lowest BCUT2D eigenvalue weighted by molar-refractivity contribution is -0.116. The molecule has 2 aromatic rings. The maximum absolute atomic E-state index is 11.4. The molecule has 21 heavy (non-hydrogen) atoms. The molecule has 1 N–H and O–H groups in total. The van der Waals surface area contributed by atoms with Gasteiger partial charge >= 0.3 is 0 Å². The van der Waals surface area contributed by atoms with Crippen molar-refractivity contribution in [2.75, 3.05) is 20.3 Å². The summed E-state index contributed by atoms with van der Waals surface area (Å²) in [5, 5.41) is 2.85. The van der Waals surface area contributed by atoms with E-state index in [1.54, 1.807) is 13.2 Å². The van der Waals surface area contributed by atoms with E-state index in [2.05, 4.69) is 20.9 Å². The lowest BCUT2D eigenvalue weighted by atomic mass is 10.3. The third-order valence-electron chi connectivity index (χ3n) is 3.22. The molecule has 0 spiro atoms. The van der Waals surface area contributed by atoms with Crippen molar-refractivity contribution < 1.29 is 9.53 Å². The maximum Gasteiger partial charge on any atom is 0.243 e. The van der Waals surface area contributed by atoms with E-state index in [9.17, 15) is 4.79 Å². The fourth-order valence-electron chi connectivity index (χ4n) is 2.26. The number of fused-ring (bicyclic) bond motifs is 1. The van der Waals surface area contributed by atoms with Gasteiger partial charge < -0.3 is 14.6 Å². The second-order valence-electron chi connectivity index (χ2n) is 4.70. The standard InChI is InChI=1S/C16H21N3O2/c1-3-6-16(20)17-10-9-15-18-13-7-4-5-8-14(13)19(15)11-12-21-2/h3-8H,9-12H2,1-2H3,(H,17,20)/b6-3+. The third kappa shape index (κ3) is 3.92. The number of nitrogens with zero attached hydrogens (tertiary/aromatic N) is 2. The van der Waals surface area contributed by atoms with Gasteiger partial charge in [-0.15, -0.1) is 0 Å². The average molecular weight is 287 g/mol. The Hall–Kier alpha value is -2.14. The van der Waals surface area contributed by atoms with E-state index in [1.165, 1.54) is 6.08 Å². The first kappa shape index (κ1) is 15.3. The zero-order chi connectivity index (χ0) is 15.1. The number of aromatic nitrogens is 2. The Kier molecular flexibility index (Phi) is 5.51. The maximum atomic E-state index is 11.4. The number of hydrogen-bond donors (Lipinski definition) is 1. The molecule has 5 heteroatoms. The predicted octanol–water partition coefficient (Wildman–Crippen LogP) is 1.92. The van der Waals surface area contributed by atoms with Crippen LogP contribution in [-0.2, 0) is 22.5 Å². The molecule has 112 valence electrons. The van der Waals surface area contributed by atoms with Crippen LogP contribution in [0.1, 0.15) is 12.7 Å². The van der Waals surface area contributed by atoms with E-state index in [-0.39, 0.29) is 5.91 Å². The highest BCUT2D eigenvalue weighted by Gasteiger charge is 2.10. The van der Waals surface area contributed by atoms with Gasteiger partial charge in [-0.05, 0) is 25.1 Å². The van der Waals surface area contributed by atoms with Crippen LogP contribution in [-0.4, -0.2) is 35.7 Å². The largest absolute Gasteiger partial charge is 0.383 e. The molecule has 0 saturated carbocycles. The van der Waals surface area contributed by atoms with Crippen LogP contribution >= 0.6 is 0 Å². The lowest BCUT2D eigenvalue weighted by Crippen LogP contribution is -2.24. The van der Waals surface area contributed by atoms with Gasteiger partial charge in [-0.2, -0.15) is 0 Å². The quantitative estimate of drug-likeness (QED) is 0.792. The summed E-state index contributed by atoms with van der Waals surface area (Å²) in [6.07, 6.45) is 3.94. The van der Waals surface area contributed by atoms with Crippen LogP contribution in [0.5, 0.6) is 0 Å². The number of ether oxygens (including phenoxy) is 1. The molecule has 0 fully saturated rings. The first-order valence-corrected chi connectivity index (χ1v) is 7.10. The van der Waals surface area contributed by atoms with Crippen molar-refractivity contribution in [2.24, 2.45) is 0 Å². The molecule has 0 aliphatic carbocycles. The van der Waals surface area contributed by atoms with Crippen molar-refractivity contribution in [3.8, 4) is 0 Å². The number of nitrogens with one attached hydrogen (secondary N) is 1. The third-order valence-corrected chi connectivity index (χ3v) is 3.22. The lowest BCUT2D eigenvalue weighted by Gasteiger charge is -2.08. The number of para-hydroxylation sites is 2. The number of amides is 1. The molecule has 0 aliphatic heterocycles. The van der Waals surface area contributed by atoms with Crippen molar-refractivity contribution in [1.82, 2.24) is 14.9 Å². The van der Waals surface area contributed by atoms with Gasteiger partial charge in [0.05, 0.1) is 17.6 Å². The fourth-order valence-corrected chi connectivity index (χ4v) is 2.26. The van der Waals surface area contributed by atoms with Gasteiger partial charge in [0.15, 0.2) is 0 Å². The zero-order valence-electron chi connectivity index (χ0n) is 12.5. The van der Waals surface area contributed by atoms with Gasteiger partial charge in [0.2, 0.25) is 5.91 Å². The number of hydrogen-bond acceptors (Lipinski definition) is 3. The molecular weight excluding hydrogens is 266 g/mol. The Bertz CT molecular complexity index is 631. The summed E-state index contributed by atoms with van der Waals surface area (Å²) < 4.78 is 7.32. The number of rotatable bonds is 7. The molecule has 1 heterocycles. The highest BCUT2D eigenvalue weighted by Crippen LogP contribution is 2.16. The summed E-state index contributed by atoms with van der Waals surface area (Å²) in [5.41, 5.74) is 2.08. The van der Waals surface area contributed by atoms with E-state index < -0.39 is 0 Å². The Balaban J connectivity index is 2.12. The Morgan fingerprint density at radius 2 is 2.24 bits per heavy atom. The van der Waals surface area contributed by atoms with Crippen LogP contribution in [0.3, 0.4) is 0 Å². The number of benzene rings is 1. The molecular formula is C16H21N3O2. The highest BCUT2D eigenvalue weighted by atomic mass is 16.5. The Morgan fingerprint density at radius 1 is 1.43 bits per heavy atom. The molecule has 0 atom stereocenters. The molecule has 1 aromatic heterocycles. The minimum atomic E-state index is -0.0722. The van der Waals surface area contributed by atoms with Crippen molar-refractivity contribution in [3.05, 3.63) is 42.2 Å². The van der Waals surface area contributed by atoms with Gasteiger partial charge in [-0.1, -0.05) is 18.2 Å². The van der Waals surface area contributed by atoms with Crippen LogP contribution in [0.15, 0.2) is 36.4 Å². The number of carbonyl (C=O) groups excluding carboxylic acids is 1. The van der Waals surface area contributed by atoms with Crippen molar-refractivity contribution in [2.45, 2.75) is 19.9 Å². The number of methoxy groups -OCH3 is 1. The zero-order valence-corrected chi connectivity index (χ0v) is 12.5. The summed E-state index contributed by atoms with van der Waals surface area (Å²) in [6.45, 7) is 3.79. The molecule has 0 unspecified atom stereocenters. The first-order chi connectivity index (χ1) is 10.3. The molecule has 1 aromatic carbocycles. The average Bonchev–Trinajstić information content (AvgIpc) is 2.83. The molecule has 0 saturated heterocycles. The first-order valence-electron chi connectivity index (χ1n) is 7.10. The second-order valence-corrected chi connectivity index (χ2v) is 4.70. The molecule has 2 rings (SSSR count). The van der Waals surface area contributed by atoms with Crippen LogP contribution < -0.4 is 5.32 Å². The number of imidazole rings is 1. The van der Waals surface area contributed by atoms with Crippen LogP contribution in [0.25, 0.3) is 11.0 Å².